The summed E-state index contributed by atoms with van der Waals surface area (Å²) in [7, 11) is 0. The average Bonchev–Trinajstić information content (AvgIpc) is 2.85. The summed E-state index contributed by atoms with van der Waals surface area (Å²) >= 11 is 0. The molecule has 28 heavy (non-hydrogen) atoms. The van der Waals surface area contributed by atoms with Gasteiger partial charge in [0, 0.05) is 13.1 Å². The number of benzene rings is 2. The minimum Gasteiger partial charge on any atom is -0.450 e. The first kappa shape index (κ1) is 18.8. The van der Waals surface area contributed by atoms with Crippen molar-refractivity contribution in [3.63, 3.8) is 0 Å². The van der Waals surface area contributed by atoms with Gasteiger partial charge in [-0.1, -0.05) is 54.6 Å². The van der Waals surface area contributed by atoms with Crippen molar-refractivity contribution >= 4 is 11.7 Å². The van der Waals surface area contributed by atoms with E-state index in [1.807, 2.05) is 0 Å². The van der Waals surface area contributed by atoms with Crippen molar-refractivity contribution in [2.75, 3.05) is 19.6 Å². The summed E-state index contributed by atoms with van der Waals surface area (Å²) in [4.78, 5) is 13.1. The van der Waals surface area contributed by atoms with Gasteiger partial charge in [0.25, 0.3) is 0 Å². The molecule has 0 radical (unpaired) electrons. The predicted octanol–water partition coefficient (Wildman–Crippen LogP) is 4.77. The van der Waals surface area contributed by atoms with E-state index in [0.717, 1.165) is 45.2 Å². The van der Waals surface area contributed by atoms with E-state index in [4.69, 9.17) is 9.84 Å². The van der Waals surface area contributed by atoms with E-state index >= 15 is 0 Å². The molecule has 146 valence electrons. The van der Waals surface area contributed by atoms with Gasteiger partial charge in [0.1, 0.15) is 6.10 Å². The number of likely N-dealkylation sites (tertiary alicyclic amines) is 1. The number of ether oxygens (including phenoxy) is 1. The fourth-order valence-electron chi connectivity index (χ4n) is 4.48. The molecule has 2 aliphatic rings. The molecule has 0 aromatic heterocycles. The molecule has 1 aliphatic heterocycles. The van der Waals surface area contributed by atoms with Crippen LogP contribution in [-0.4, -0.2) is 41.9 Å². The maximum absolute atomic E-state index is 10.8. The fourth-order valence-corrected chi connectivity index (χ4v) is 4.48. The van der Waals surface area contributed by atoms with E-state index in [2.05, 4.69) is 59.5 Å². The Labute approximate surface area is 166 Å². The highest BCUT2D eigenvalue weighted by Crippen LogP contribution is 2.33. The van der Waals surface area contributed by atoms with Crippen LogP contribution in [0.3, 0.4) is 0 Å². The summed E-state index contributed by atoms with van der Waals surface area (Å²) in [5.74, 6) is 0. The summed E-state index contributed by atoms with van der Waals surface area (Å²) in [5, 5.41) is 8.86. The summed E-state index contributed by atoms with van der Waals surface area (Å²) < 4.78 is 4.99. The largest absolute Gasteiger partial charge is 0.506 e. The van der Waals surface area contributed by atoms with Gasteiger partial charge in [-0.25, -0.2) is 4.79 Å². The summed E-state index contributed by atoms with van der Waals surface area (Å²) in [5.41, 5.74) is 6.85. The molecule has 0 saturated carbocycles. The van der Waals surface area contributed by atoms with Gasteiger partial charge < -0.3 is 9.84 Å². The quantitative estimate of drug-likeness (QED) is 0.780. The van der Waals surface area contributed by atoms with Gasteiger partial charge in [0.2, 0.25) is 0 Å². The zero-order valence-corrected chi connectivity index (χ0v) is 16.1. The lowest BCUT2D eigenvalue weighted by atomic mass is 9.93. The van der Waals surface area contributed by atoms with Crippen LogP contribution in [0.4, 0.5) is 4.79 Å². The van der Waals surface area contributed by atoms with Crippen molar-refractivity contribution in [2.24, 2.45) is 0 Å². The molecule has 4 rings (SSSR count). The Morgan fingerprint density at radius 1 is 1.07 bits per heavy atom. The molecule has 1 N–H and O–H groups in total. The van der Waals surface area contributed by atoms with Crippen molar-refractivity contribution in [1.82, 2.24) is 4.90 Å². The molecule has 0 spiro atoms. The fraction of sp³-hybridized carbons (Fsp3) is 0.375. The van der Waals surface area contributed by atoms with Crippen LogP contribution < -0.4 is 0 Å². The lowest BCUT2D eigenvalue weighted by Gasteiger charge is -2.31. The number of carboxylic acid groups (broad SMARTS) is 1. The Balaban J connectivity index is 1.52. The Bertz CT molecular complexity index is 824. The van der Waals surface area contributed by atoms with E-state index in [1.54, 1.807) is 0 Å². The minimum absolute atomic E-state index is 0.196. The minimum atomic E-state index is -1.17. The van der Waals surface area contributed by atoms with E-state index in [0.29, 0.717) is 6.54 Å². The molecule has 1 heterocycles. The van der Waals surface area contributed by atoms with Crippen LogP contribution in [0.25, 0.3) is 5.57 Å². The zero-order valence-electron chi connectivity index (χ0n) is 16.1. The highest BCUT2D eigenvalue weighted by Gasteiger charge is 2.23. The smallest absolute Gasteiger partial charge is 0.450 e. The maximum atomic E-state index is 10.8. The summed E-state index contributed by atoms with van der Waals surface area (Å²) in [6, 6.07) is 17.5. The number of hydrogen-bond acceptors (Lipinski definition) is 3. The molecule has 1 fully saturated rings. The first-order valence-electron chi connectivity index (χ1n) is 10.2. The van der Waals surface area contributed by atoms with Gasteiger partial charge in [-0.2, -0.15) is 0 Å². The number of fused-ring (bicyclic) bond motifs is 2. The number of carbonyl (C=O) groups is 1. The first-order chi connectivity index (χ1) is 13.7. The summed E-state index contributed by atoms with van der Waals surface area (Å²) in [6.07, 6.45) is 5.90. The number of nitrogens with zero attached hydrogens (tertiary/aromatic N) is 1. The Kier molecular flexibility index (Phi) is 5.77. The van der Waals surface area contributed by atoms with Gasteiger partial charge in [-0.15, -0.1) is 0 Å². The number of rotatable bonds is 4. The second kappa shape index (κ2) is 8.61. The Morgan fingerprint density at radius 2 is 1.71 bits per heavy atom. The zero-order chi connectivity index (χ0) is 19.3. The monoisotopic (exact) mass is 377 g/mol. The number of hydrogen-bond donors (Lipinski definition) is 1. The SMILES string of the molecule is O=C(O)O[C@@H]1CCCN(CCC=C2c3ccccc3CCc3ccccc32)C1. The lowest BCUT2D eigenvalue weighted by Crippen LogP contribution is -2.40. The topological polar surface area (TPSA) is 49.8 Å². The van der Waals surface area contributed by atoms with Crippen molar-refractivity contribution in [2.45, 2.75) is 38.2 Å². The predicted molar refractivity (Wildman–Crippen MR) is 111 cm³/mol. The van der Waals surface area contributed by atoms with Crippen molar-refractivity contribution in [1.29, 1.82) is 0 Å². The van der Waals surface area contributed by atoms with Crippen LogP contribution in [0, 0.1) is 0 Å². The third-order valence-electron chi connectivity index (χ3n) is 5.80. The summed E-state index contributed by atoms with van der Waals surface area (Å²) in [6.45, 7) is 2.63. The molecule has 4 heteroatoms. The van der Waals surface area contributed by atoms with Gasteiger partial charge in [0.05, 0.1) is 0 Å². The normalized spacial score (nSPS) is 19.3. The van der Waals surface area contributed by atoms with E-state index in [1.165, 1.54) is 27.8 Å². The highest BCUT2D eigenvalue weighted by atomic mass is 16.7. The van der Waals surface area contributed by atoms with Gasteiger partial charge in [-0.05, 0) is 66.5 Å². The molecular weight excluding hydrogens is 350 g/mol. The maximum Gasteiger partial charge on any atom is 0.506 e. The molecule has 2 aromatic carbocycles. The van der Waals surface area contributed by atoms with Gasteiger partial charge in [-0.3, -0.25) is 4.90 Å². The van der Waals surface area contributed by atoms with Gasteiger partial charge in [0.15, 0.2) is 0 Å². The van der Waals surface area contributed by atoms with Crippen LogP contribution in [0.5, 0.6) is 0 Å². The third-order valence-corrected chi connectivity index (χ3v) is 5.80. The van der Waals surface area contributed by atoms with Crippen LogP contribution >= 0.6 is 0 Å². The third kappa shape index (κ3) is 4.28. The molecule has 4 nitrogen and oxygen atoms in total. The van der Waals surface area contributed by atoms with Crippen molar-refractivity contribution in [3.8, 4) is 0 Å². The lowest BCUT2D eigenvalue weighted by molar-refractivity contribution is 0.0140. The average molecular weight is 377 g/mol. The second-order valence-electron chi connectivity index (χ2n) is 7.67. The van der Waals surface area contributed by atoms with E-state index in [9.17, 15) is 4.79 Å². The first-order valence-corrected chi connectivity index (χ1v) is 10.2. The van der Waals surface area contributed by atoms with Crippen LogP contribution in [0.1, 0.15) is 41.5 Å². The molecule has 0 bridgehead atoms. The molecule has 1 saturated heterocycles. The van der Waals surface area contributed by atoms with Crippen LogP contribution in [-0.2, 0) is 17.6 Å². The number of piperidine rings is 1. The van der Waals surface area contributed by atoms with Crippen molar-refractivity contribution < 1.29 is 14.6 Å². The molecule has 0 unspecified atom stereocenters. The van der Waals surface area contributed by atoms with Gasteiger partial charge >= 0.3 is 6.16 Å². The second-order valence-corrected chi connectivity index (χ2v) is 7.67. The van der Waals surface area contributed by atoms with Crippen LogP contribution in [0.15, 0.2) is 54.6 Å². The van der Waals surface area contributed by atoms with E-state index < -0.39 is 6.16 Å². The molecule has 0 amide bonds. The standard InChI is InChI=1S/C24H27NO3/c26-24(27)28-20-9-5-15-25(17-20)16-6-12-23-21-10-3-1-7-18(21)13-14-19-8-2-4-11-22(19)23/h1-4,7-8,10-12,20H,5-6,9,13-17H2,(H,26,27)/t20-/m1/s1. The van der Waals surface area contributed by atoms with E-state index in [-0.39, 0.29) is 6.10 Å². The van der Waals surface area contributed by atoms with Crippen LogP contribution in [0.2, 0.25) is 0 Å². The number of aryl methyl sites for hydroxylation is 2. The molecular formula is C24H27NO3. The Hall–Kier alpha value is -2.59. The molecule has 2 aromatic rings. The Morgan fingerprint density at radius 3 is 2.36 bits per heavy atom. The van der Waals surface area contributed by atoms with Crippen molar-refractivity contribution in [3.05, 3.63) is 76.9 Å². The highest BCUT2D eigenvalue weighted by molar-refractivity contribution is 5.83. The molecule has 1 atom stereocenters. The molecule has 1 aliphatic carbocycles.